The van der Waals surface area contributed by atoms with Crippen LogP contribution in [0.3, 0.4) is 0 Å². The maximum absolute atomic E-state index is 12.2. The summed E-state index contributed by atoms with van der Waals surface area (Å²) in [6, 6.07) is 5.86. The number of amides is 1. The van der Waals surface area contributed by atoms with E-state index in [2.05, 4.69) is 32.1 Å². The Hall–Kier alpha value is -1.31. The minimum absolute atomic E-state index is 0.0907. The molecule has 1 heterocycles. The second-order valence-corrected chi connectivity index (χ2v) is 6.06. The SMILES string of the molecule is C#CCN1CCC(C(=O)Nc2ccc(Br)c(C)c2)CC1. The molecule has 0 atom stereocenters. The fourth-order valence-corrected chi connectivity index (χ4v) is 2.70. The van der Waals surface area contributed by atoms with Crippen LogP contribution in [0.1, 0.15) is 18.4 Å². The highest BCUT2D eigenvalue weighted by molar-refractivity contribution is 9.10. The summed E-state index contributed by atoms with van der Waals surface area (Å²) >= 11 is 3.46. The summed E-state index contributed by atoms with van der Waals surface area (Å²) in [7, 11) is 0. The fraction of sp³-hybridized carbons (Fsp3) is 0.438. The largest absolute Gasteiger partial charge is 0.326 e. The highest BCUT2D eigenvalue weighted by Crippen LogP contribution is 2.22. The van der Waals surface area contributed by atoms with E-state index in [0.717, 1.165) is 41.7 Å². The van der Waals surface area contributed by atoms with Gasteiger partial charge in [0.05, 0.1) is 6.54 Å². The molecular weight excluding hydrogens is 316 g/mol. The average molecular weight is 335 g/mol. The summed E-state index contributed by atoms with van der Waals surface area (Å²) in [5.41, 5.74) is 1.98. The predicted octanol–water partition coefficient (Wildman–Crippen LogP) is 3.04. The maximum Gasteiger partial charge on any atom is 0.227 e. The first-order valence-corrected chi connectivity index (χ1v) is 7.62. The van der Waals surface area contributed by atoms with Crippen molar-refractivity contribution in [1.82, 2.24) is 4.90 Å². The molecule has 0 saturated carbocycles. The van der Waals surface area contributed by atoms with Crippen LogP contribution in [0, 0.1) is 25.2 Å². The topological polar surface area (TPSA) is 32.3 Å². The summed E-state index contributed by atoms with van der Waals surface area (Å²) in [5, 5.41) is 3.01. The molecule has 1 saturated heterocycles. The molecule has 1 aromatic rings. The molecule has 106 valence electrons. The van der Waals surface area contributed by atoms with E-state index >= 15 is 0 Å². The van der Waals surface area contributed by atoms with Crippen molar-refractivity contribution in [2.45, 2.75) is 19.8 Å². The van der Waals surface area contributed by atoms with E-state index in [1.165, 1.54) is 0 Å². The molecule has 3 nitrogen and oxygen atoms in total. The zero-order valence-corrected chi connectivity index (χ0v) is 13.2. The lowest BCUT2D eigenvalue weighted by Crippen LogP contribution is -2.38. The molecule has 1 aliphatic rings. The Morgan fingerprint density at radius 1 is 1.50 bits per heavy atom. The quantitative estimate of drug-likeness (QED) is 0.861. The van der Waals surface area contributed by atoms with Crippen LogP contribution in [0.25, 0.3) is 0 Å². The van der Waals surface area contributed by atoms with Crippen molar-refractivity contribution >= 4 is 27.5 Å². The number of hydrogen-bond donors (Lipinski definition) is 1. The number of halogens is 1. The standard InChI is InChI=1S/C16H19BrN2O/c1-3-8-19-9-6-13(7-10-19)16(20)18-14-4-5-15(17)12(2)11-14/h1,4-5,11,13H,6-10H2,2H3,(H,18,20). The number of piperidine rings is 1. The molecule has 0 unspecified atom stereocenters. The van der Waals surface area contributed by atoms with Gasteiger partial charge in [0.2, 0.25) is 5.91 Å². The molecule has 0 spiro atoms. The van der Waals surface area contributed by atoms with E-state index in [1.54, 1.807) is 0 Å². The Morgan fingerprint density at radius 2 is 2.20 bits per heavy atom. The van der Waals surface area contributed by atoms with Gasteiger partial charge in [0.15, 0.2) is 0 Å². The van der Waals surface area contributed by atoms with Gasteiger partial charge in [0.1, 0.15) is 0 Å². The summed E-state index contributed by atoms with van der Waals surface area (Å²) in [6.07, 6.45) is 7.06. The average Bonchev–Trinajstić information content (AvgIpc) is 2.44. The zero-order valence-electron chi connectivity index (χ0n) is 11.7. The number of aryl methyl sites for hydroxylation is 1. The van der Waals surface area contributed by atoms with Gasteiger partial charge in [-0.2, -0.15) is 0 Å². The third-order valence-corrected chi connectivity index (χ3v) is 4.59. The smallest absolute Gasteiger partial charge is 0.227 e. The number of rotatable bonds is 3. The molecule has 0 bridgehead atoms. The van der Waals surface area contributed by atoms with Crippen LogP contribution in [0.5, 0.6) is 0 Å². The molecule has 1 amide bonds. The minimum atomic E-state index is 0.0907. The van der Waals surface area contributed by atoms with Gasteiger partial charge >= 0.3 is 0 Å². The fourth-order valence-electron chi connectivity index (χ4n) is 2.45. The van der Waals surface area contributed by atoms with Crippen LogP contribution < -0.4 is 5.32 Å². The number of likely N-dealkylation sites (tertiary alicyclic amines) is 1. The molecular formula is C16H19BrN2O. The summed E-state index contributed by atoms with van der Waals surface area (Å²) < 4.78 is 1.05. The second-order valence-electron chi connectivity index (χ2n) is 5.21. The molecule has 0 aliphatic carbocycles. The van der Waals surface area contributed by atoms with Crippen molar-refractivity contribution in [2.24, 2.45) is 5.92 Å². The Labute approximate surface area is 128 Å². The molecule has 20 heavy (non-hydrogen) atoms. The van der Waals surface area contributed by atoms with Crippen LogP contribution in [-0.4, -0.2) is 30.4 Å². The molecule has 1 N–H and O–H groups in total. The van der Waals surface area contributed by atoms with E-state index in [1.807, 2.05) is 25.1 Å². The van der Waals surface area contributed by atoms with Crippen molar-refractivity contribution in [3.63, 3.8) is 0 Å². The molecule has 4 heteroatoms. The lowest BCUT2D eigenvalue weighted by Gasteiger charge is -2.29. The van der Waals surface area contributed by atoms with Gasteiger partial charge in [-0.15, -0.1) is 6.42 Å². The lowest BCUT2D eigenvalue weighted by molar-refractivity contribution is -0.121. The van der Waals surface area contributed by atoms with Crippen molar-refractivity contribution in [3.8, 4) is 12.3 Å². The number of terminal acetylenes is 1. The van der Waals surface area contributed by atoms with E-state index in [4.69, 9.17) is 6.42 Å². The Kier molecular flexibility index (Phi) is 5.22. The first kappa shape index (κ1) is 15.1. The van der Waals surface area contributed by atoms with Gasteiger partial charge in [-0.1, -0.05) is 21.9 Å². The molecule has 1 aromatic carbocycles. The summed E-state index contributed by atoms with van der Waals surface area (Å²) in [6.45, 7) is 4.50. The number of nitrogens with zero attached hydrogens (tertiary/aromatic N) is 1. The first-order chi connectivity index (χ1) is 9.60. The van der Waals surface area contributed by atoms with Crippen LogP contribution in [-0.2, 0) is 4.79 Å². The van der Waals surface area contributed by atoms with Crippen LogP contribution in [0.4, 0.5) is 5.69 Å². The molecule has 0 aromatic heterocycles. The number of hydrogen-bond acceptors (Lipinski definition) is 2. The Bertz CT molecular complexity index is 528. The van der Waals surface area contributed by atoms with Crippen LogP contribution in [0.2, 0.25) is 0 Å². The maximum atomic E-state index is 12.2. The minimum Gasteiger partial charge on any atom is -0.326 e. The van der Waals surface area contributed by atoms with Crippen molar-refractivity contribution < 1.29 is 4.79 Å². The van der Waals surface area contributed by atoms with Crippen LogP contribution in [0.15, 0.2) is 22.7 Å². The summed E-state index contributed by atoms with van der Waals surface area (Å²) in [5.74, 6) is 2.86. The molecule has 0 radical (unpaired) electrons. The highest BCUT2D eigenvalue weighted by Gasteiger charge is 2.24. The predicted molar refractivity (Wildman–Crippen MR) is 85.5 cm³/mol. The van der Waals surface area contributed by atoms with E-state index in [0.29, 0.717) is 6.54 Å². The number of nitrogens with one attached hydrogen (secondary N) is 1. The number of benzene rings is 1. The summed E-state index contributed by atoms with van der Waals surface area (Å²) in [4.78, 5) is 14.5. The number of carbonyl (C=O) groups is 1. The van der Waals surface area contributed by atoms with Gasteiger partial charge in [-0.3, -0.25) is 9.69 Å². The van der Waals surface area contributed by atoms with Crippen molar-refractivity contribution in [1.29, 1.82) is 0 Å². The van der Waals surface area contributed by atoms with E-state index in [-0.39, 0.29) is 11.8 Å². The third kappa shape index (κ3) is 3.84. The van der Waals surface area contributed by atoms with Crippen LogP contribution >= 0.6 is 15.9 Å². The molecule has 1 aliphatic heterocycles. The Balaban J connectivity index is 1.89. The van der Waals surface area contributed by atoms with Gasteiger partial charge in [0, 0.05) is 16.1 Å². The third-order valence-electron chi connectivity index (χ3n) is 3.70. The molecule has 1 fully saturated rings. The van der Waals surface area contributed by atoms with Crippen molar-refractivity contribution in [3.05, 3.63) is 28.2 Å². The number of carbonyl (C=O) groups excluding carboxylic acids is 1. The normalized spacial score (nSPS) is 16.6. The monoisotopic (exact) mass is 334 g/mol. The van der Waals surface area contributed by atoms with Gasteiger partial charge in [-0.25, -0.2) is 0 Å². The Morgan fingerprint density at radius 3 is 2.80 bits per heavy atom. The van der Waals surface area contributed by atoms with E-state index < -0.39 is 0 Å². The lowest BCUT2D eigenvalue weighted by atomic mass is 9.96. The number of anilines is 1. The van der Waals surface area contributed by atoms with Gasteiger partial charge < -0.3 is 5.32 Å². The van der Waals surface area contributed by atoms with Gasteiger partial charge in [-0.05, 0) is 56.6 Å². The highest BCUT2D eigenvalue weighted by atomic mass is 79.9. The first-order valence-electron chi connectivity index (χ1n) is 6.83. The second kappa shape index (κ2) is 6.92. The van der Waals surface area contributed by atoms with E-state index in [9.17, 15) is 4.79 Å². The van der Waals surface area contributed by atoms with Gasteiger partial charge in [0.25, 0.3) is 0 Å². The molecule has 2 rings (SSSR count). The zero-order chi connectivity index (χ0) is 14.5. The van der Waals surface area contributed by atoms with Crippen molar-refractivity contribution in [2.75, 3.05) is 25.0 Å².